The minimum Gasteiger partial charge on any atom is -0.299 e. The maximum Gasteiger partial charge on any atom is 0.163 e. The van der Waals surface area contributed by atoms with Gasteiger partial charge < -0.3 is 29.4 Å². The van der Waals surface area contributed by atoms with Gasteiger partial charge in [-0.1, -0.05) is 48.5 Å². The minimum atomic E-state index is 0. The molecule has 8 nitrogen and oxygen atoms in total. The van der Waals surface area contributed by atoms with Gasteiger partial charge in [-0.25, -0.2) is 19.9 Å². The molecule has 0 radical (unpaired) electrons. The van der Waals surface area contributed by atoms with Crippen molar-refractivity contribution in [2.24, 2.45) is 7.05 Å². The molecule has 0 atom stereocenters. The summed E-state index contributed by atoms with van der Waals surface area (Å²) in [6.45, 7) is 1.99. The topological polar surface area (TPSA) is 79.2 Å². The summed E-state index contributed by atoms with van der Waals surface area (Å²) >= 11 is 1.33. The summed E-state index contributed by atoms with van der Waals surface area (Å²) < 4.78 is 5.96. The fourth-order valence-corrected chi connectivity index (χ4v) is 4.07. The van der Waals surface area contributed by atoms with Gasteiger partial charge in [0.15, 0.2) is 11.6 Å². The Balaban J connectivity index is 0.000000245. The fourth-order valence-electron chi connectivity index (χ4n) is 4.07. The van der Waals surface area contributed by atoms with Crippen molar-refractivity contribution in [2.75, 3.05) is 0 Å². The second kappa shape index (κ2) is 20.0. The first-order valence-corrected chi connectivity index (χ1v) is 16.4. The van der Waals surface area contributed by atoms with Gasteiger partial charge in [-0.2, -0.15) is 0 Å². The molecule has 5 heterocycles. The van der Waals surface area contributed by atoms with E-state index in [1.165, 1.54) is 17.6 Å². The summed E-state index contributed by atoms with van der Waals surface area (Å²) in [5.74, 6) is 1.72. The molecule has 2 aromatic carbocycles. The third kappa shape index (κ3) is 10.8. The Morgan fingerprint density at radius 2 is 1.09 bits per heavy atom. The van der Waals surface area contributed by atoms with Gasteiger partial charge in [0.2, 0.25) is 0 Å². The number of pyridine rings is 2. The first kappa shape index (κ1) is 37.1. The van der Waals surface area contributed by atoms with Gasteiger partial charge in [0.05, 0.1) is 6.33 Å². The number of rotatable bonds is 4. The van der Waals surface area contributed by atoms with Crippen molar-refractivity contribution < 1.29 is 42.4 Å². The fraction of sp³-hybridized carbons (Fsp3) is 0.0606. The molecule has 0 unspecified atom stereocenters. The number of hydrogen-bond donors (Lipinski definition) is 0. The summed E-state index contributed by atoms with van der Waals surface area (Å²) in [5.41, 5.74) is 4.94. The van der Waals surface area contributed by atoms with E-state index >= 15 is 0 Å². The molecule has 0 aliphatic heterocycles. The Kier molecular flexibility index (Phi) is 16.5. The standard InChI is InChI=1S/C15H13N3.C14H11N3.C4H6N2.3ClH.Os/c1-12-6-5-9-14(17-12)15-16-10-11-18(15)13-7-3-2-4-8-13;1-2-6-12(7-3-1)17-11-10-16-14(17)13-8-4-5-9-15-13;1-6-3-2-5-4-6;;;;/h2-11H,1H3;1-11H;2-4H,1H3;3*1H;/q;;;;;;+1/p-3. The van der Waals surface area contributed by atoms with E-state index in [0.717, 1.165) is 40.1 Å². The Morgan fingerprint density at radius 1 is 0.556 bits per heavy atom. The van der Waals surface area contributed by atoms with Gasteiger partial charge in [-0.15, -0.1) is 0 Å². The van der Waals surface area contributed by atoms with Gasteiger partial charge >= 0.3 is 27.2 Å². The molecule has 45 heavy (non-hydrogen) atoms. The van der Waals surface area contributed by atoms with Crippen LogP contribution in [0.25, 0.3) is 34.4 Å². The molecule has 0 amide bonds. The van der Waals surface area contributed by atoms with E-state index in [4.69, 9.17) is 0 Å². The zero-order chi connectivity index (χ0) is 30.3. The van der Waals surface area contributed by atoms with Gasteiger partial charge in [0, 0.05) is 67.5 Å². The third-order valence-electron chi connectivity index (χ3n) is 6.00. The molecular weight excluding hydrogens is 805 g/mol. The second-order valence-corrected chi connectivity index (χ2v) is 9.02. The maximum atomic E-state index is 4.67. The van der Waals surface area contributed by atoms with E-state index in [9.17, 15) is 0 Å². The number of aromatic nitrogens is 8. The molecule has 0 aliphatic carbocycles. The average Bonchev–Trinajstić information content (AvgIpc) is 3.87. The predicted molar refractivity (Wildman–Crippen MR) is 167 cm³/mol. The molecule has 0 spiro atoms. The first-order chi connectivity index (χ1) is 21.2. The van der Waals surface area contributed by atoms with E-state index in [0.29, 0.717) is 0 Å². The van der Waals surface area contributed by atoms with Crippen LogP contribution in [0.3, 0.4) is 0 Å². The molecule has 0 fully saturated rings. The van der Waals surface area contributed by atoms with Crippen LogP contribution in [0.1, 0.15) is 5.69 Å². The maximum absolute atomic E-state index is 4.67. The van der Waals surface area contributed by atoms with E-state index in [2.05, 4.69) is 46.7 Å². The molecule has 0 saturated heterocycles. The normalized spacial score (nSPS) is 9.42. The zero-order valence-electron chi connectivity index (χ0n) is 24.4. The van der Waals surface area contributed by atoms with Crippen LogP contribution in [0, 0.1) is 6.92 Å². The summed E-state index contributed by atoms with van der Waals surface area (Å²) in [4.78, 5) is 21.4. The monoisotopic (exact) mass is 835 g/mol. The van der Waals surface area contributed by atoms with Crippen LogP contribution in [0.2, 0.25) is 0 Å². The molecule has 233 valence electrons. The zero-order valence-corrected chi connectivity index (χ0v) is 29.2. The third-order valence-corrected chi connectivity index (χ3v) is 6.00. The second-order valence-electron chi connectivity index (χ2n) is 9.02. The largest absolute Gasteiger partial charge is 0.299 e. The molecule has 0 N–H and O–H groups in total. The number of benzene rings is 2. The van der Waals surface area contributed by atoms with Gasteiger partial charge in [-0.3, -0.25) is 14.1 Å². The number of aryl methyl sites for hydroxylation is 2. The number of halogens is 3. The van der Waals surface area contributed by atoms with Crippen molar-refractivity contribution in [1.29, 1.82) is 0 Å². The van der Waals surface area contributed by atoms with Gasteiger partial charge in [0.1, 0.15) is 11.4 Å². The van der Waals surface area contributed by atoms with Gasteiger partial charge in [-0.05, 0) is 55.5 Å². The van der Waals surface area contributed by atoms with Crippen molar-refractivity contribution in [3.8, 4) is 34.4 Å². The van der Waals surface area contributed by atoms with Crippen molar-refractivity contribution in [3.63, 3.8) is 0 Å². The number of para-hydroxylation sites is 2. The summed E-state index contributed by atoms with van der Waals surface area (Å²) in [5, 5.41) is 0. The van der Waals surface area contributed by atoms with Crippen LogP contribution >= 0.6 is 9.64 Å². The molecule has 12 heteroatoms. The van der Waals surface area contributed by atoms with Crippen molar-refractivity contribution in [2.45, 2.75) is 6.92 Å². The Morgan fingerprint density at radius 3 is 1.53 bits per heavy atom. The Labute approximate surface area is 290 Å². The Hall–Kier alpha value is -4.12. The van der Waals surface area contributed by atoms with E-state index in [-0.39, 0.29) is 24.8 Å². The minimum absolute atomic E-state index is 0. The van der Waals surface area contributed by atoms with Crippen LogP contribution < -0.4 is 24.8 Å². The van der Waals surface area contributed by atoms with Crippen LogP contribution in [0.4, 0.5) is 0 Å². The van der Waals surface area contributed by atoms with Crippen LogP contribution in [-0.4, -0.2) is 38.6 Å². The summed E-state index contributed by atoms with van der Waals surface area (Å²) in [7, 11) is 6.60. The number of hydrogen-bond acceptors (Lipinski definition) is 5. The van der Waals surface area contributed by atoms with E-state index in [1.54, 1.807) is 31.1 Å². The molecule has 5 aromatic heterocycles. The Bertz CT molecular complexity index is 1710. The molecular formula is C33H30Cl3N8Os-2. The summed E-state index contributed by atoms with van der Waals surface area (Å²) in [6.07, 6.45) is 14.6. The first-order valence-electron chi connectivity index (χ1n) is 13.3. The number of imidazole rings is 3. The van der Waals surface area contributed by atoms with Crippen molar-refractivity contribution in [3.05, 3.63) is 152 Å². The SMILES string of the molecule is Cc1cccc(-c2nccn2-c2ccccc2)n1.Cn1ccnc1.[Cl-].[Cl-].[Cl][Os].c1ccc(-n2ccnc2-c2ccccn2)cc1. The van der Waals surface area contributed by atoms with Gasteiger partial charge in [0.25, 0.3) is 0 Å². The smallest absolute Gasteiger partial charge is 0.163 e. The number of nitrogens with zero attached hydrogens (tertiary/aromatic N) is 8. The van der Waals surface area contributed by atoms with Crippen molar-refractivity contribution in [1.82, 2.24) is 38.6 Å². The van der Waals surface area contributed by atoms with Crippen molar-refractivity contribution >= 4 is 9.64 Å². The van der Waals surface area contributed by atoms with E-state index < -0.39 is 0 Å². The molecule has 7 rings (SSSR count). The van der Waals surface area contributed by atoms with Crippen LogP contribution in [0.15, 0.2) is 147 Å². The predicted octanol–water partition coefficient (Wildman–Crippen LogP) is 1.29. The molecule has 0 aliphatic rings. The van der Waals surface area contributed by atoms with Crippen LogP contribution in [0.5, 0.6) is 0 Å². The molecule has 0 saturated carbocycles. The quantitative estimate of drug-likeness (QED) is 0.268. The summed E-state index contributed by atoms with van der Waals surface area (Å²) in [6, 6.07) is 32.1. The van der Waals surface area contributed by atoms with Crippen LogP contribution in [-0.2, 0) is 24.6 Å². The average molecular weight is 835 g/mol. The molecule has 0 bridgehead atoms. The van der Waals surface area contributed by atoms with E-state index in [1.807, 2.05) is 131 Å². The molecule has 7 aromatic rings.